The van der Waals surface area contributed by atoms with Crippen molar-refractivity contribution < 1.29 is 16.0 Å². The van der Waals surface area contributed by atoms with Crippen molar-refractivity contribution in [3.05, 3.63) is 36.7 Å². The molecule has 0 aliphatic rings. The van der Waals surface area contributed by atoms with E-state index >= 15 is 0 Å². The summed E-state index contributed by atoms with van der Waals surface area (Å²) in [5.41, 5.74) is 0. The molecular formula is C11H15N2Ru. The molecule has 2 rings (SSSR count). The van der Waals surface area contributed by atoms with Crippen molar-refractivity contribution in [3.8, 4) is 0 Å². The summed E-state index contributed by atoms with van der Waals surface area (Å²) in [6.45, 7) is 2.26. The third-order valence-electron chi connectivity index (χ3n) is 1.92. The van der Waals surface area contributed by atoms with Gasteiger partial charge in [-0.1, -0.05) is 0 Å². The van der Waals surface area contributed by atoms with Crippen LogP contribution in [0.2, 0.25) is 5.02 Å². The minimum absolute atomic E-state index is 1.01. The third-order valence-corrected chi connectivity index (χ3v) is 7.00. The van der Waals surface area contributed by atoms with Crippen LogP contribution in [0.4, 0.5) is 0 Å². The number of rotatable bonds is 4. The Bertz CT molecular complexity index is 316. The summed E-state index contributed by atoms with van der Waals surface area (Å²) in [5, 5.41) is 1.32. The Balaban J connectivity index is 2.25. The molecule has 0 unspecified atom stereocenters. The maximum atomic E-state index is 3.35. The van der Waals surface area contributed by atoms with Gasteiger partial charge in [-0.15, -0.1) is 0 Å². The van der Waals surface area contributed by atoms with E-state index in [2.05, 4.69) is 41.2 Å². The summed E-state index contributed by atoms with van der Waals surface area (Å²) >= 11 is -1.01. The summed E-state index contributed by atoms with van der Waals surface area (Å²) in [6.07, 6.45) is 5.31. The second-order valence-electron chi connectivity index (χ2n) is 3.02. The first-order valence-electron chi connectivity index (χ1n) is 4.80. The van der Waals surface area contributed by atoms with Crippen LogP contribution in [0.3, 0.4) is 0 Å². The molecule has 0 bridgehead atoms. The molecule has 3 heteroatoms. The van der Waals surface area contributed by atoms with Gasteiger partial charge in [-0.25, -0.2) is 0 Å². The van der Waals surface area contributed by atoms with Gasteiger partial charge >= 0.3 is 89.5 Å². The van der Waals surface area contributed by atoms with Gasteiger partial charge in [-0.3, -0.25) is 0 Å². The summed E-state index contributed by atoms with van der Waals surface area (Å²) in [7, 11) is 0. The van der Waals surface area contributed by atoms with Crippen LogP contribution in [0.15, 0.2) is 36.7 Å². The molecular weight excluding hydrogens is 261 g/mol. The molecule has 0 aromatic carbocycles. The molecule has 2 nitrogen and oxygen atoms in total. The molecule has 0 radical (unpaired) electrons. The average Bonchev–Trinajstić information content (AvgIpc) is 2.87. The van der Waals surface area contributed by atoms with Gasteiger partial charge in [0, 0.05) is 0 Å². The summed E-state index contributed by atoms with van der Waals surface area (Å²) in [5.74, 6) is 0. The van der Waals surface area contributed by atoms with Crippen LogP contribution in [0.1, 0.15) is 13.3 Å². The molecule has 0 atom stereocenters. The molecule has 0 fully saturated rings. The van der Waals surface area contributed by atoms with Crippen LogP contribution in [0.5, 0.6) is 0 Å². The fourth-order valence-corrected chi connectivity index (χ4v) is 5.58. The van der Waals surface area contributed by atoms with Crippen molar-refractivity contribution >= 4 is 8.58 Å². The molecule has 0 saturated carbocycles. The average molecular weight is 276 g/mol. The first-order chi connectivity index (χ1) is 6.92. The van der Waals surface area contributed by atoms with Crippen LogP contribution >= 0.6 is 0 Å². The second-order valence-corrected chi connectivity index (χ2v) is 7.43. The van der Waals surface area contributed by atoms with E-state index in [9.17, 15) is 0 Å². The number of H-pyrrole nitrogens is 2. The van der Waals surface area contributed by atoms with Crippen molar-refractivity contribution in [2.75, 3.05) is 0 Å². The first-order valence-corrected chi connectivity index (χ1v) is 7.77. The zero-order valence-electron chi connectivity index (χ0n) is 8.23. The molecule has 2 aromatic rings. The molecule has 77 valence electrons. The Morgan fingerprint density at radius 1 is 1.07 bits per heavy atom. The van der Waals surface area contributed by atoms with Gasteiger partial charge in [-0.05, 0) is 0 Å². The minimum atomic E-state index is -1.01. The van der Waals surface area contributed by atoms with E-state index in [1.54, 1.807) is 0 Å². The van der Waals surface area contributed by atoms with Gasteiger partial charge in [0.1, 0.15) is 0 Å². The van der Waals surface area contributed by atoms with Gasteiger partial charge in [0.2, 0.25) is 0 Å². The number of aromatic nitrogens is 2. The van der Waals surface area contributed by atoms with Gasteiger partial charge < -0.3 is 0 Å². The van der Waals surface area contributed by atoms with E-state index in [1.807, 2.05) is 12.4 Å². The predicted octanol–water partition coefficient (Wildman–Crippen LogP) is 1.74. The topological polar surface area (TPSA) is 31.6 Å². The maximum absolute atomic E-state index is 3.35. The summed E-state index contributed by atoms with van der Waals surface area (Å²) in [6, 6.07) is 8.62. The van der Waals surface area contributed by atoms with E-state index in [0.29, 0.717) is 0 Å². The van der Waals surface area contributed by atoms with E-state index in [-0.39, 0.29) is 0 Å². The molecule has 0 aliphatic heterocycles. The normalized spacial score (nSPS) is 11.6. The van der Waals surface area contributed by atoms with Gasteiger partial charge in [0.15, 0.2) is 0 Å². The molecule has 14 heavy (non-hydrogen) atoms. The number of hydrogen-bond acceptors (Lipinski definition) is 0. The molecule has 2 aromatic heterocycles. The molecule has 0 amide bonds. The Kier molecular flexibility index (Phi) is 3.20. The number of hydrogen-bond donors (Lipinski definition) is 2. The Morgan fingerprint density at radius 2 is 1.64 bits per heavy atom. The molecule has 0 aliphatic carbocycles. The van der Waals surface area contributed by atoms with Crippen molar-refractivity contribution in [1.29, 1.82) is 0 Å². The monoisotopic (exact) mass is 277 g/mol. The van der Waals surface area contributed by atoms with Gasteiger partial charge in [-0.2, -0.15) is 0 Å². The molecule has 0 spiro atoms. The zero-order valence-corrected chi connectivity index (χ0v) is 9.97. The van der Waals surface area contributed by atoms with E-state index in [1.165, 1.54) is 20.0 Å². The van der Waals surface area contributed by atoms with Gasteiger partial charge in [0.05, 0.1) is 0 Å². The van der Waals surface area contributed by atoms with Crippen molar-refractivity contribution in [1.82, 2.24) is 9.97 Å². The van der Waals surface area contributed by atoms with E-state index in [0.717, 1.165) is 0 Å². The van der Waals surface area contributed by atoms with E-state index < -0.39 is 16.0 Å². The van der Waals surface area contributed by atoms with Crippen LogP contribution < -0.4 is 8.58 Å². The summed E-state index contributed by atoms with van der Waals surface area (Å²) < 4.78 is 2.89. The first kappa shape index (κ1) is 9.73. The van der Waals surface area contributed by atoms with Crippen molar-refractivity contribution in [3.63, 3.8) is 0 Å². The number of nitrogens with one attached hydrogen (secondary N) is 2. The van der Waals surface area contributed by atoms with Crippen molar-refractivity contribution in [2.24, 2.45) is 0 Å². The zero-order chi connectivity index (χ0) is 9.80. The quantitative estimate of drug-likeness (QED) is 0.797. The summed E-state index contributed by atoms with van der Waals surface area (Å²) in [4.78, 5) is 6.71. The van der Waals surface area contributed by atoms with E-state index in [4.69, 9.17) is 0 Å². The van der Waals surface area contributed by atoms with Crippen LogP contribution in [-0.2, 0) is 16.0 Å². The van der Waals surface area contributed by atoms with Crippen LogP contribution in [0, 0.1) is 0 Å². The molecule has 2 heterocycles. The standard InChI is InChI=1S/2C4H4N.C3H7.Ru/c2*1-2-4-5-3-1;1-3-2;/h2*1-3,5H;1,3H2,2H3;. The SMILES string of the molecule is CC[CH2][Ru]([c]1ccc[nH]1)[c]1ccc[nH]1. The van der Waals surface area contributed by atoms with Crippen LogP contribution in [0.25, 0.3) is 0 Å². The molecule has 0 saturated heterocycles. The Labute approximate surface area is 89.6 Å². The van der Waals surface area contributed by atoms with Crippen LogP contribution in [-0.4, -0.2) is 9.97 Å². The fourth-order valence-electron chi connectivity index (χ4n) is 1.34. The predicted molar refractivity (Wildman–Crippen MR) is 56.0 cm³/mol. The number of aromatic amines is 2. The van der Waals surface area contributed by atoms with Gasteiger partial charge in [0.25, 0.3) is 0 Å². The molecule has 2 N–H and O–H groups in total. The van der Waals surface area contributed by atoms with Crippen molar-refractivity contribution in [2.45, 2.75) is 18.4 Å². The Morgan fingerprint density at radius 3 is 2.00 bits per heavy atom. The second kappa shape index (κ2) is 4.61. The fraction of sp³-hybridized carbons (Fsp3) is 0.273. The third kappa shape index (κ3) is 1.98. The Hall–Kier alpha value is -0.817.